The average Bonchev–Trinajstić information content (AvgIpc) is 3.03. The molecule has 2 fully saturated rings. The molecule has 3 heteroatoms. The number of hydrogen-bond donors (Lipinski definition) is 1. The standard InChI is InChI=1S/C18H29Br.C4H10.C2H6.CH2O2/c1-14(2)7-4-5-9-16-10-11-17-15(13-19)8-6-12-18(16,17)3;1-3-4-2;1-2;2-1-3/h13,16-17H,1,4-12H2,2-3H3;3-4H2,1-2H3;1-2H3;1H,(H,2,3)/b15-13+;;;. The molecule has 0 aromatic rings. The van der Waals surface area contributed by atoms with E-state index >= 15 is 0 Å². The number of halogens is 1. The molecule has 2 aliphatic carbocycles. The smallest absolute Gasteiger partial charge is 0.290 e. The highest BCUT2D eigenvalue weighted by molar-refractivity contribution is 9.11. The maximum absolute atomic E-state index is 8.36. The van der Waals surface area contributed by atoms with Crippen molar-refractivity contribution in [3.63, 3.8) is 0 Å². The van der Waals surface area contributed by atoms with E-state index in [0.717, 1.165) is 11.8 Å². The molecule has 3 atom stereocenters. The zero-order chi connectivity index (χ0) is 22.0. The average molecular weight is 460 g/mol. The third-order valence-corrected chi connectivity index (χ3v) is 6.80. The fourth-order valence-corrected chi connectivity index (χ4v) is 5.12. The minimum atomic E-state index is -0.250. The van der Waals surface area contributed by atoms with Crippen molar-refractivity contribution >= 4 is 22.4 Å². The maximum Gasteiger partial charge on any atom is 0.290 e. The zero-order valence-corrected chi connectivity index (χ0v) is 21.1. The van der Waals surface area contributed by atoms with Crippen molar-refractivity contribution in [3.05, 3.63) is 22.7 Å². The summed E-state index contributed by atoms with van der Waals surface area (Å²) in [7, 11) is 0. The molecule has 0 radical (unpaired) electrons. The second kappa shape index (κ2) is 18.5. The highest BCUT2D eigenvalue weighted by Gasteiger charge is 2.48. The Bertz CT molecular complexity index is 428. The second-order valence-corrected chi connectivity index (χ2v) is 8.64. The van der Waals surface area contributed by atoms with Gasteiger partial charge in [-0.15, -0.1) is 6.58 Å². The molecule has 3 unspecified atom stereocenters. The lowest BCUT2D eigenvalue weighted by Gasteiger charge is -2.42. The number of carbonyl (C=O) groups is 1. The SMILES string of the molecule is C=C(C)CCCCC1CCC2/C(=C/Br)CCCC12C.CC.CCCC.O=CO. The Morgan fingerprint density at radius 2 is 1.82 bits per heavy atom. The van der Waals surface area contributed by atoms with Crippen molar-refractivity contribution in [2.24, 2.45) is 17.3 Å². The molecule has 2 rings (SSSR count). The Hall–Kier alpha value is -0.570. The van der Waals surface area contributed by atoms with Crippen LogP contribution in [0.15, 0.2) is 22.7 Å². The Morgan fingerprint density at radius 1 is 1.25 bits per heavy atom. The molecule has 2 aliphatic rings. The van der Waals surface area contributed by atoms with Gasteiger partial charge in [-0.05, 0) is 80.5 Å². The van der Waals surface area contributed by atoms with Gasteiger partial charge in [-0.3, -0.25) is 4.79 Å². The Morgan fingerprint density at radius 3 is 2.29 bits per heavy atom. The molecule has 2 nitrogen and oxygen atoms in total. The molecule has 0 saturated heterocycles. The lowest BCUT2D eigenvalue weighted by Crippen LogP contribution is -2.33. The van der Waals surface area contributed by atoms with Crippen LogP contribution in [0, 0.1) is 17.3 Å². The molecule has 0 aromatic heterocycles. The molecule has 2 saturated carbocycles. The van der Waals surface area contributed by atoms with Crippen molar-refractivity contribution in [3.8, 4) is 0 Å². The number of rotatable bonds is 6. The van der Waals surface area contributed by atoms with Crippen LogP contribution >= 0.6 is 15.9 Å². The van der Waals surface area contributed by atoms with Gasteiger partial charge in [-0.1, -0.05) is 81.0 Å². The molecule has 0 aromatic carbocycles. The summed E-state index contributed by atoms with van der Waals surface area (Å²) in [4.78, 5) is 10.6. The van der Waals surface area contributed by atoms with Crippen molar-refractivity contribution in [1.82, 2.24) is 0 Å². The van der Waals surface area contributed by atoms with E-state index in [-0.39, 0.29) is 6.47 Å². The lowest BCUT2D eigenvalue weighted by molar-refractivity contribution is -0.122. The van der Waals surface area contributed by atoms with Crippen LogP contribution in [0.1, 0.15) is 112 Å². The highest BCUT2D eigenvalue weighted by atomic mass is 79.9. The lowest BCUT2D eigenvalue weighted by atomic mass is 9.63. The Balaban J connectivity index is 0. The summed E-state index contributed by atoms with van der Waals surface area (Å²) in [6, 6.07) is 0. The minimum absolute atomic E-state index is 0.250. The van der Waals surface area contributed by atoms with Crippen LogP contribution in [0.3, 0.4) is 0 Å². The molecule has 166 valence electrons. The third kappa shape index (κ3) is 10.8. The summed E-state index contributed by atoms with van der Waals surface area (Å²) in [5.74, 6) is 1.83. The fraction of sp³-hybridized carbons (Fsp3) is 0.800. The molecule has 0 bridgehead atoms. The summed E-state index contributed by atoms with van der Waals surface area (Å²) < 4.78 is 0. The largest absolute Gasteiger partial charge is 0.483 e. The number of unbranched alkanes of at least 4 members (excludes halogenated alkanes) is 2. The van der Waals surface area contributed by atoms with E-state index < -0.39 is 0 Å². The Labute approximate surface area is 184 Å². The number of fused-ring (bicyclic) bond motifs is 1. The van der Waals surface area contributed by atoms with E-state index in [9.17, 15) is 0 Å². The van der Waals surface area contributed by atoms with Gasteiger partial charge in [0.05, 0.1) is 0 Å². The van der Waals surface area contributed by atoms with E-state index in [2.05, 4.69) is 55.2 Å². The van der Waals surface area contributed by atoms with Crippen LogP contribution in [0.25, 0.3) is 0 Å². The first-order chi connectivity index (χ1) is 13.4. The van der Waals surface area contributed by atoms with Crippen molar-refractivity contribution in [1.29, 1.82) is 0 Å². The molecule has 0 aliphatic heterocycles. The topological polar surface area (TPSA) is 37.3 Å². The molecular weight excluding hydrogens is 412 g/mol. The molecular formula is C25H47BrO2. The van der Waals surface area contributed by atoms with Gasteiger partial charge in [0.15, 0.2) is 0 Å². The summed E-state index contributed by atoms with van der Waals surface area (Å²) in [6.07, 6.45) is 15.1. The summed E-state index contributed by atoms with van der Waals surface area (Å²) >= 11 is 3.60. The highest BCUT2D eigenvalue weighted by Crippen LogP contribution is 2.58. The summed E-state index contributed by atoms with van der Waals surface area (Å²) in [5, 5.41) is 6.89. The van der Waals surface area contributed by atoms with Gasteiger partial charge < -0.3 is 5.11 Å². The van der Waals surface area contributed by atoms with Crippen LogP contribution in [0.5, 0.6) is 0 Å². The van der Waals surface area contributed by atoms with Crippen LogP contribution in [0.2, 0.25) is 0 Å². The number of allylic oxidation sites excluding steroid dienone is 2. The quantitative estimate of drug-likeness (QED) is 0.244. The minimum Gasteiger partial charge on any atom is -0.483 e. The maximum atomic E-state index is 8.36. The van der Waals surface area contributed by atoms with E-state index in [1.807, 2.05) is 13.8 Å². The van der Waals surface area contributed by atoms with Crippen LogP contribution < -0.4 is 0 Å². The number of hydrogen-bond acceptors (Lipinski definition) is 1. The zero-order valence-electron chi connectivity index (χ0n) is 19.5. The van der Waals surface area contributed by atoms with Crippen molar-refractivity contribution < 1.29 is 9.90 Å². The first kappa shape index (κ1) is 29.6. The van der Waals surface area contributed by atoms with Gasteiger partial charge >= 0.3 is 0 Å². The van der Waals surface area contributed by atoms with Crippen LogP contribution in [0.4, 0.5) is 0 Å². The van der Waals surface area contributed by atoms with Gasteiger partial charge in [0.1, 0.15) is 0 Å². The molecule has 1 N–H and O–H groups in total. The van der Waals surface area contributed by atoms with E-state index in [4.69, 9.17) is 9.90 Å². The van der Waals surface area contributed by atoms with E-state index in [1.165, 1.54) is 76.2 Å². The summed E-state index contributed by atoms with van der Waals surface area (Å²) in [6.45, 7) is 16.9. The second-order valence-electron chi connectivity index (χ2n) is 8.18. The van der Waals surface area contributed by atoms with Crippen LogP contribution in [-0.4, -0.2) is 11.6 Å². The van der Waals surface area contributed by atoms with Gasteiger partial charge in [-0.25, -0.2) is 0 Å². The molecule has 0 amide bonds. The molecule has 28 heavy (non-hydrogen) atoms. The van der Waals surface area contributed by atoms with Gasteiger partial charge in [-0.2, -0.15) is 0 Å². The first-order valence-electron chi connectivity index (χ1n) is 11.4. The van der Waals surface area contributed by atoms with E-state index in [1.54, 1.807) is 5.57 Å². The summed E-state index contributed by atoms with van der Waals surface area (Å²) in [5.41, 5.74) is 3.64. The van der Waals surface area contributed by atoms with Gasteiger partial charge in [0, 0.05) is 0 Å². The fourth-order valence-electron chi connectivity index (χ4n) is 4.57. The van der Waals surface area contributed by atoms with Gasteiger partial charge in [0.2, 0.25) is 0 Å². The van der Waals surface area contributed by atoms with Crippen molar-refractivity contribution in [2.75, 3.05) is 0 Å². The number of carboxylic acid groups (broad SMARTS) is 1. The van der Waals surface area contributed by atoms with Crippen molar-refractivity contribution in [2.45, 2.75) is 112 Å². The third-order valence-electron chi connectivity index (χ3n) is 6.21. The predicted octanol–water partition coefficient (Wildman–Crippen LogP) is 9.15. The first-order valence-corrected chi connectivity index (χ1v) is 12.3. The van der Waals surface area contributed by atoms with E-state index in [0.29, 0.717) is 5.41 Å². The Kier molecular flexibility index (Phi) is 19.5. The monoisotopic (exact) mass is 458 g/mol. The van der Waals surface area contributed by atoms with Crippen LogP contribution in [-0.2, 0) is 4.79 Å². The molecule has 0 heterocycles. The molecule has 0 spiro atoms. The predicted molar refractivity (Wildman–Crippen MR) is 129 cm³/mol. The normalized spacial score (nSPS) is 26.5. The van der Waals surface area contributed by atoms with Gasteiger partial charge in [0.25, 0.3) is 6.47 Å².